The smallest absolute Gasteiger partial charge is 0.180 e. The van der Waals surface area contributed by atoms with Gasteiger partial charge in [0.15, 0.2) is 5.75 Å². The second kappa shape index (κ2) is 2.50. The van der Waals surface area contributed by atoms with Crippen LogP contribution in [0, 0.1) is 0 Å². The fourth-order valence-electron chi connectivity index (χ4n) is 1.46. The molecule has 1 aliphatic heterocycles. The lowest BCUT2D eigenvalue weighted by molar-refractivity contribution is 0.244. The maximum Gasteiger partial charge on any atom is 0.180 e. The van der Waals surface area contributed by atoms with Crippen molar-refractivity contribution in [2.24, 2.45) is 0 Å². The minimum atomic E-state index is 0.947. The normalized spacial score (nSPS) is 13.5. The zero-order chi connectivity index (χ0) is 8.67. The van der Waals surface area contributed by atoms with Crippen LogP contribution in [0.25, 0.3) is 16.2 Å². The van der Waals surface area contributed by atoms with Gasteiger partial charge >= 0.3 is 0 Å². The van der Waals surface area contributed by atoms with Gasteiger partial charge in [0.25, 0.3) is 0 Å². The fraction of sp³-hybridized carbons (Fsp3) is 0. The summed E-state index contributed by atoms with van der Waals surface area (Å²) in [6, 6.07) is 8.25. The van der Waals surface area contributed by atoms with E-state index in [0.717, 1.165) is 5.75 Å². The molecule has 1 N–H and O–H groups in total. The van der Waals surface area contributed by atoms with Crippen molar-refractivity contribution in [3.8, 4) is 5.75 Å². The average molecular weight is 189 g/mol. The molecule has 13 heavy (non-hydrogen) atoms. The molecule has 0 saturated carbocycles. The lowest BCUT2D eigenvalue weighted by atomic mass is 10.2. The van der Waals surface area contributed by atoms with Crippen LogP contribution >= 0.6 is 11.3 Å². The average Bonchev–Trinajstić information content (AvgIpc) is 2.56. The Hall–Kier alpha value is -1.48. The maximum atomic E-state index is 5.35. The van der Waals surface area contributed by atoms with E-state index in [2.05, 4.69) is 17.6 Å². The van der Waals surface area contributed by atoms with Gasteiger partial charge < -0.3 is 4.84 Å². The number of fused-ring (bicyclic) bond motifs is 3. The first-order valence-corrected chi connectivity index (χ1v) is 4.87. The highest BCUT2D eigenvalue weighted by Gasteiger charge is 2.13. The van der Waals surface area contributed by atoms with Crippen molar-refractivity contribution in [3.05, 3.63) is 35.3 Å². The SMILES string of the molecule is C1=Cc2sc3ccccc3c2ON1. The van der Waals surface area contributed by atoms with E-state index in [9.17, 15) is 0 Å². The van der Waals surface area contributed by atoms with E-state index in [1.165, 1.54) is 15.0 Å². The molecule has 3 rings (SSSR count). The van der Waals surface area contributed by atoms with Gasteiger partial charge in [-0.2, -0.15) is 0 Å². The lowest BCUT2D eigenvalue weighted by Gasteiger charge is -2.08. The molecular formula is C10H7NOS. The molecule has 0 atom stereocenters. The third-order valence-corrected chi connectivity index (χ3v) is 3.16. The highest BCUT2D eigenvalue weighted by atomic mass is 32.1. The maximum absolute atomic E-state index is 5.35. The molecule has 0 aliphatic carbocycles. The molecule has 0 fully saturated rings. The Bertz CT molecular complexity index is 487. The summed E-state index contributed by atoms with van der Waals surface area (Å²) in [6.07, 6.45) is 3.83. The van der Waals surface area contributed by atoms with Gasteiger partial charge in [0.05, 0.1) is 4.88 Å². The minimum Gasteiger partial charge on any atom is -0.381 e. The number of hydrogen-bond acceptors (Lipinski definition) is 3. The molecular weight excluding hydrogens is 182 g/mol. The largest absolute Gasteiger partial charge is 0.381 e. The van der Waals surface area contributed by atoms with E-state index in [1.807, 2.05) is 18.2 Å². The fourth-order valence-corrected chi connectivity index (χ4v) is 2.49. The Morgan fingerprint density at radius 2 is 2.15 bits per heavy atom. The van der Waals surface area contributed by atoms with Gasteiger partial charge in [0.2, 0.25) is 0 Å². The monoisotopic (exact) mass is 189 g/mol. The summed E-state index contributed by atoms with van der Waals surface area (Å²) in [5, 5.41) is 1.18. The first kappa shape index (κ1) is 6.97. The number of hydroxylamine groups is 1. The molecule has 64 valence electrons. The third-order valence-electron chi connectivity index (χ3n) is 2.04. The zero-order valence-electron chi connectivity index (χ0n) is 6.78. The number of hydrogen-bond donors (Lipinski definition) is 1. The number of rotatable bonds is 0. The standard InChI is InChI=1S/C10H7NOS/c1-2-4-8-7(3-1)10-9(13-8)5-6-11-12-10/h1-6,11H. The molecule has 2 nitrogen and oxygen atoms in total. The van der Waals surface area contributed by atoms with E-state index in [1.54, 1.807) is 17.5 Å². The van der Waals surface area contributed by atoms with Gasteiger partial charge in [-0.1, -0.05) is 12.1 Å². The van der Waals surface area contributed by atoms with Gasteiger partial charge in [0, 0.05) is 16.3 Å². The van der Waals surface area contributed by atoms with Gasteiger partial charge in [-0.05, 0) is 18.2 Å². The Morgan fingerprint density at radius 3 is 3.15 bits per heavy atom. The first-order valence-electron chi connectivity index (χ1n) is 4.05. The lowest BCUT2D eigenvalue weighted by Crippen LogP contribution is -2.12. The van der Waals surface area contributed by atoms with Crippen molar-refractivity contribution in [1.82, 2.24) is 5.48 Å². The van der Waals surface area contributed by atoms with Crippen molar-refractivity contribution in [2.45, 2.75) is 0 Å². The zero-order valence-corrected chi connectivity index (χ0v) is 7.60. The minimum absolute atomic E-state index is 0.947. The Morgan fingerprint density at radius 1 is 1.23 bits per heavy atom. The van der Waals surface area contributed by atoms with Crippen LogP contribution < -0.4 is 10.3 Å². The predicted molar refractivity (Wildman–Crippen MR) is 54.6 cm³/mol. The third kappa shape index (κ3) is 0.939. The van der Waals surface area contributed by atoms with Crippen molar-refractivity contribution in [1.29, 1.82) is 0 Å². The molecule has 1 aromatic heterocycles. The topological polar surface area (TPSA) is 21.3 Å². The van der Waals surface area contributed by atoms with Crippen molar-refractivity contribution in [3.63, 3.8) is 0 Å². The Balaban J connectivity index is 2.41. The quantitative estimate of drug-likeness (QED) is 0.688. The molecule has 1 aromatic carbocycles. The second-order valence-electron chi connectivity index (χ2n) is 2.84. The Labute approximate surface area is 79.4 Å². The molecule has 0 amide bonds. The van der Waals surface area contributed by atoms with Crippen LogP contribution in [0.4, 0.5) is 0 Å². The highest BCUT2D eigenvalue weighted by Crippen LogP contribution is 2.39. The summed E-state index contributed by atoms with van der Waals surface area (Å²) >= 11 is 1.75. The van der Waals surface area contributed by atoms with Gasteiger partial charge in [0.1, 0.15) is 0 Å². The van der Waals surface area contributed by atoms with E-state index in [4.69, 9.17) is 4.84 Å². The van der Waals surface area contributed by atoms with Gasteiger partial charge in [-0.3, -0.25) is 0 Å². The molecule has 1 aliphatic rings. The van der Waals surface area contributed by atoms with Crippen molar-refractivity contribution < 1.29 is 4.84 Å². The summed E-state index contributed by atoms with van der Waals surface area (Å²) in [7, 11) is 0. The summed E-state index contributed by atoms with van der Waals surface area (Å²) in [5.74, 6) is 0.947. The highest BCUT2D eigenvalue weighted by molar-refractivity contribution is 7.20. The van der Waals surface area contributed by atoms with Crippen LogP contribution in [0.15, 0.2) is 30.5 Å². The predicted octanol–water partition coefficient (Wildman–Crippen LogP) is 2.77. The molecule has 0 bridgehead atoms. The van der Waals surface area contributed by atoms with Crippen LogP contribution in [0.1, 0.15) is 4.88 Å². The summed E-state index contributed by atoms with van der Waals surface area (Å²) < 4.78 is 1.26. The summed E-state index contributed by atoms with van der Waals surface area (Å²) in [6.45, 7) is 0. The van der Waals surface area contributed by atoms with Crippen LogP contribution in [0.3, 0.4) is 0 Å². The number of thiophene rings is 1. The van der Waals surface area contributed by atoms with Crippen LogP contribution in [0.2, 0.25) is 0 Å². The van der Waals surface area contributed by atoms with Crippen LogP contribution in [-0.2, 0) is 0 Å². The van der Waals surface area contributed by atoms with Gasteiger partial charge in [-0.15, -0.1) is 11.3 Å². The molecule has 0 radical (unpaired) electrons. The second-order valence-corrected chi connectivity index (χ2v) is 3.93. The number of benzene rings is 1. The van der Waals surface area contributed by atoms with Crippen LogP contribution in [0.5, 0.6) is 5.75 Å². The summed E-state index contributed by atoms with van der Waals surface area (Å²) in [4.78, 5) is 6.53. The molecule has 0 saturated heterocycles. The molecule has 2 heterocycles. The van der Waals surface area contributed by atoms with Crippen molar-refractivity contribution in [2.75, 3.05) is 0 Å². The van der Waals surface area contributed by atoms with E-state index in [-0.39, 0.29) is 0 Å². The van der Waals surface area contributed by atoms with E-state index >= 15 is 0 Å². The molecule has 0 unspecified atom stereocenters. The first-order chi connectivity index (χ1) is 6.45. The molecule has 2 aromatic rings. The van der Waals surface area contributed by atoms with Gasteiger partial charge in [-0.25, -0.2) is 5.48 Å². The van der Waals surface area contributed by atoms with E-state index in [0.29, 0.717) is 0 Å². The molecule has 0 spiro atoms. The Kier molecular flexibility index (Phi) is 1.34. The number of nitrogens with one attached hydrogen (secondary N) is 1. The summed E-state index contributed by atoms with van der Waals surface area (Å²) in [5.41, 5.74) is 2.75. The van der Waals surface area contributed by atoms with E-state index < -0.39 is 0 Å². The van der Waals surface area contributed by atoms with Crippen molar-refractivity contribution >= 4 is 27.5 Å². The molecule has 3 heteroatoms. The van der Waals surface area contributed by atoms with Crippen LogP contribution in [-0.4, -0.2) is 0 Å².